The van der Waals surface area contributed by atoms with Gasteiger partial charge in [-0.2, -0.15) is 0 Å². The Morgan fingerprint density at radius 3 is 2.40 bits per heavy atom. The Labute approximate surface area is 122 Å². The lowest BCUT2D eigenvalue weighted by atomic mass is 9.87. The molecular formula is C15H28N2O3. The van der Waals surface area contributed by atoms with Crippen LogP contribution in [-0.4, -0.2) is 48.1 Å². The second kappa shape index (κ2) is 6.57. The molecular weight excluding hydrogens is 256 g/mol. The van der Waals surface area contributed by atoms with Crippen LogP contribution in [0.4, 0.5) is 0 Å². The number of carbonyl (C=O) groups excluding carboxylic acids is 2. The maximum atomic E-state index is 12.8. The van der Waals surface area contributed by atoms with E-state index in [-0.39, 0.29) is 23.8 Å². The van der Waals surface area contributed by atoms with Gasteiger partial charge in [0.15, 0.2) is 0 Å². The maximum Gasteiger partial charge on any atom is 0.248 e. The molecule has 0 aromatic carbocycles. The number of rotatable bonds is 6. The van der Waals surface area contributed by atoms with E-state index in [1.807, 2.05) is 27.7 Å². The number of nitrogens with one attached hydrogen (secondary N) is 1. The van der Waals surface area contributed by atoms with Gasteiger partial charge < -0.3 is 15.0 Å². The smallest absolute Gasteiger partial charge is 0.248 e. The van der Waals surface area contributed by atoms with Crippen molar-refractivity contribution in [2.45, 2.75) is 65.1 Å². The van der Waals surface area contributed by atoms with E-state index in [1.165, 1.54) is 0 Å². The molecule has 3 atom stereocenters. The van der Waals surface area contributed by atoms with E-state index in [0.29, 0.717) is 13.0 Å². The SMILES string of the molecule is CCC1(C)NC(=O)C(C(C)C)N(C(C)CCOC)C1=O. The Morgan fingerprint density at radius 2 is 1.95 bits per heavy atom. The minimum Gasteiger partial charge on any atom is -0.385 e. The Morgan fingerprint density at radius 1 is 1.35 bits per heavy atom. The van der Waals surface area contributed by atoms with Crippen LogP contribution in [0.2, 0.25) is 0 Å². The second-order valence-corrected chi connectivity index (χ2v) is 6.21. The van der Waals surface area contributed by atoms with Crippen LogP contribution in [0.15, 0.2) is 0 Å². The third-order valence-electron chi connectivity index (χ3n) is 4.23. The molecule has 1 N–H and O–H groups in total. The summed E-state index contributed by atoms with van der Waals surface area (Å²) in [7, 11) is 1.65. The predicted octanol–water partition coefficient (Wildman–Crippen LogP) is 1.56. The zero-order valence-corrected chi connectivity index (χ0v) is 13.5. The summed E-state index contributed by atoms with van der Waals surface area (Å²) < 4.78 is 5.10. The summed E-state index contributed by atoms with van der Waals surface area (Å²) >= 11 is 0. The number of hydrogen-bond donors (Lipinski definition) is 1. The summed E-state index contributed by atoms with van der Waals surface area (Å²) in [5.74, 6) is 0.0560. The predicted molar refractivity (Wildman–Crippen MR) is 78.3 cm³/mol. The van der Waals surface area contributed by atoms with Gasteiger partial charge in [-0.05, 0) is 32.6 Å². The van der Waals surface area contributed by atoms with Gasteiger partial charge in [-0.25, -0.2) is 0 Å². The summed E-state index contributed by atoms with van der Waals surface area (Å²) in [6.45, 7) is 10.2. The van der Waals surface area contributed by atoms with Gasteiger partial charge >= 0.3 is 0 Å². The van der Waals surface area contributed by atoms with Crippen LogP contribution in [0.1, 0.15) is 47.5 Å². The molecule has 1 rings (SSSR count). The van der Waals surface area contributed by atoms with Gasteiger partial charge in [-0.15, -0.1) is 0 Å². The number of nitrogens with zero attached hydrogens (tertiary/aromatic N) is 1. The number of carbonyl (C=O) groups is 2. The van der Waals surface area contributed by atoms with Crippen molar-refractivity contribution in [1.29, 1.82) is 0 Å². The molecule has 1 saturated heterocycles. The topological polar surface area (TPSA) is 58.6 Å². The van der Waals surface area contributed by atoms with Gasteiger partial charge in [-0.3, -0.25) is 9.59 Å². The second-order valence-electron chi connectivity index (χ2n) is 6.21. The number of hydrogen-bond acceptors (Lipinski definition) is 3. The highest BCUT2D eigenvalue weighted by Gasteiger charge is 2.49. The van der Waals surface area contributed by atoms with Crippen LogP contribution >= 0.6 is 0 Å². The highest BCUT2D eigenvalue weighted by molar-refractivity contribution is 5.99. The first kappa shape index (κ1) is 17.0. The van der Waals surface area contributed by atoms with E-state index in [1.54, 1.807) is 18.9 Å². The van der Waals surface area contributed by atoms with Gasteiger partial charge in [0.2, 0.25) is 11.8 Å². The van der Waals surface area contributed by atoms with E-state index in [0.717, 1.165) is 6.42 Å². The summed E-state index contributed by atoms with van der Waals surface area (Å²) in [6.07, 6.45) is 1.33. The first-order chi connectivity index (χ1) is 9.28. The van der Waals surface area contributed by atoms with Crippen molar-refractivity contribution >= 4 is 11.8 Å². The molecule has 3 unspecified atom stereocenters. The molecule has 5 heteroatoms. The number of ether oxygens (including phenoxy) is 1. The maximum absolute atomic E-state index is 12.8. The minimum absolute atomic E-state index is 0.00762. The zero-order valence-electron chi connectivity index (χ0n) is 13.5. The van der Waals surface area contributed by atoms with Crippen LogP contribution in [0.25, 0.3) is 0 Å². The molecule has 0 aliphatic carbocycles. The van der Waals surface area contributed by atoms with Crippen molar-refractivity contribution in [2.24, 2.45) is 5.92 Å². The third-order valence-corrected chi connectivity index (χ3v) is 4.23. The van der Waals surface area contributed by atoms with Crippen LogP contribution in [0, 0.1) is 5.92 Å². The fourth-order valence-electron chi connectivity index (χ4n) is 2.70. The standard InChI is InChI=1S/C15H28N2O3/c1-7-15(5)14(19)17(11(4)8-9-20-6)12(10(2)3)13(18)16-15/h10-12H,7-9H2,1-6H3,(H,16,18). The molecule has 1 aliphatic heterocycles. The summed E-state index contributed by atoms with van der Waals surface area (Å²) in [4.78, 5) is 27.0. The summed E-state index contributed by atoms with van der Waals surface area (Å²) in [5, 5.41) is 2.90. The fraction of sp³-hybridized carbons (Fsp3) is 0.867. The van der Waals surface area contributed by atoms with Crippen molar-refractivity contribution in [3.8, 4) is 0 Å². The normalized spacial score (nSPS) is 28.8. The van der Waals surface area contributed by atoms with Crippen LogP contribution < -0.4 is 5.32 Å². The molecule has 0 aromatic rings. The molecule has 116 valence electrons. The Bertz CT molecular complexity index is 370. The lowest BCUT2D eigenvalue weighted by Crippen LogP contribution is -2.71. The molecule has 0 spiro atoms. The van der Waals surface area contributed by atoms with E-state index in [2.05, 4.69) is 5.32 Å². The minimum atomic E-state index is -0.788. The zero-order chi connectivity index (χ0) is 15.5. The Kier molecular flexibility index (Phi) is 5.57. The molecule has 0 bridgehead atoms. The van der Waals surface area contributed by atoms with E-state index < -0.39 is 11.6 Å². The first-order valence-electron chi connectivity index (χ1n) is 7.42. The van der Waals surface area contributed by atoms with Gasteiger partial charge in [-0.1, -0.05) is 20.8 Å². The van der Waals surface area contributed by atoms with Crippen molar-refractivity contribution in [3.05, 3.63) is 0 Å². The third kappa shape index (κ3) is 3.14. The van der Waals surface area contributed by atoms with Crippen molar-refractivity contribution in [3.63, 3.8) is 0 Å². The number of methoxy groups -OCH3 is 1. The monoisotopic (exact) mass is 284 g/mol. The highest BCUT2D eigenvalue weighted by atomic mass is 16.5. The molecule has 0 saturated carbocycles. The number of amides is 2. The quantitative estimate of drug-likeness (QED) is 0.805. The van der Waals surface area contributed by atoms with Gasteiger partial charge in [0.1, 0.15) is 11.6 Å². The summed E-state index contributed by atoms with van der Waals surface area (Å²) in [6, 6.07) is -0.402. The largest absolute Gasteiger partial charge is 0.385 e. The van der Waals surface area contributed by atoms with E-state index >= 15 is 0 Å². The molecule has 20 heavy (non-hydrogen) atoms. The Hall–Kier alpha value is -1.10. The average Bonchev–Trinajstić information content (AvgIpc) is 2.39. The molecule has 0 aromatic heterocycles. The Balaban J connectivity index is 3.08. The van der Waals surface area contributed by atoms with Crippen molar-refractivity contribution in [1.82, 2.24) is 10.2 Å². The van der Waals surface area contributed by atoms with Crippen LogP contribution in [0.3, 0.4) is 0 Å². The highest BCUT2D eigenvalue weighted by Crippen LogP contribution is 2.27. The lowest BCUT2D eigenvalue weighted by Gasteiger charge is -2.48. The molecule has 1 aliphatic rings. The molecule has 1 fully saturated rings. The first-order valence-corrected chi connectivity index (χ1v) is 7.42. The molecule has 2 amide bonds. The summed E-state index contributed by atoms with van der Waals surface area (Å²) in [5.41, 5.74) is -0.788. The molecule has 5 nitrogen and oxygen atoms in total. The van der Waals surface area contributed by atoms with E-state index in [9.17, 15) is 9.59 Å². The van der Waals surface area contributed by atoms with Crippen LogP contribution in [-0.2, 0) is 14.3 Å². The molecule has 0 radical (unpaired) electrons. The average molecular weight is 284 g/mol. The van der Waals surface area contributed by atoms with E-state index in [4.69, 9.17) is 4.74 Å². The van der Waals surface area contributed by atoms with Gasteiger partial charge in [0.25, 0.3) is 0 Å². The number of piperazine rings is 1. The van der Waals surface area contributed by atoms with Crippen molar-refractivity contribution < 1.29 is 14.3 Å². The fourth-order valence-corrected chi connectivity index (χ4v) is 2.70. The molecule has 1 heterocycles. The van der Waals surface area contributed by atoms with Crippen molar-refractivity contribution in [2.75, 3.05) is 13.7 Å². The van der Waals surface area contributed by atoms with Gasteiger partial charge in [0.05, 0.1) is 0 Å². The lowest BCUT2D eigenvalue weighted by molar-refractivity contribution is -0.159. The van der Waals surface area contributed by atoms with Gasteiger partial charge in [0, 0.05) is 19.8 Å². The van der Waals surface area contributed by atoms with Crippen LogP contribution in [0.5, 0.6) is 0 Å².